The van der Waals surface area contributed by atoms with E-state index in [0.717, 1.165) is 7.05 Å². The number of nitrogens with zero attached hydrogens (tertiary/aromatic N) is 2. The normalized spacial score (nSPS) is 11.3. The Kier molecular flexibility index (Phi) is 6.54. The highest BCUT2D eigenvalue weighted by Crippen LogP contribution is 2.37. The Balaban J connectivity index is 0.00000361. The molecule has 0 aliphatic heterocycles. The smallest absolute Gasteiger partial charge is 0.417 e. The van der Waals surface area contributed by atoms with Crippen molar-refractivity contribution in [2.24, 2.45) is 12.8 Å². The fraction of sp³-hybridized carbons (Fsp3) is 0.500. The lowest BCUT2D eigenvalue weighted by Gasteiger charge is -2.08. The van der Waals surface area contributed by atoms with Crippen LogP contribution in [0.3, 0.4) is 0 Å². The van der Waals surface area contributed by atoms with Gasteiger partial charge >= 0.3 is 12.8 Å². The van der Waals surface area contributed by atoms with Gasteiger partial charge in [0.25, 0.3) is 0 Å². The quantitative estimate of drug-likeness (QED) is 0.502. The molecule has 0 bridgehead atoms. The third-order valence-corrected chi connectivity index (χ3v) is 2.67. The molecule has 1 aromatic rings. The van der Waals surface area contributed by atoms with E-state index in [1.54, 1.807) is 0 Å². The van der Waals surface area contributed by atoms with Gasteiger partial charge in [0.2, 0.25) is 5.88 Å². The van der Waals surface area contributed by atoms with E-state index in [1.165, 1.54) is 0 Å². The molecule has 0 saturated heterocycles. The Labute approximate surface area is 120 Å². The zero-order valence-electron chi connectivity index (χ0n) is 9.87. The molecule has 0 fully saturated rings. The first-order valence-corrected chi connectivity index (χ1v) is 5.66. The largest absolute Gasteiger partial charge is 0.435 e. The lowest BCUT2D eigenvalue weighted by Crippen LogP contribution is -2.11. The summed E-state index contributed by atoms with van der Waals surface area (Å²) in [6, 6.07) is 0. The summed E-state index contributed by atoms with van der Waals surface area (Å²) in [6.45, 7) is -3.28. The predicted octanol–water partition coefficient (Wildman–Crippen LogP) is 2.59. The average Bonchev–Trinajstić information content (AvgIpc) is 2.52. The van der Waals surface area contributed by atoms with E-state index in [9.17, 15) is 22.0 Å². The van der Waals surface area contributed by atoms with Gasteiger partial charge in [-0.1, -0.05) is 11.8 Å². The van der Waals surface area contributed by atoms with Crippen LogP contribution in [0.25, 0.3) is 0 Å². The van der Waals surface area contributed by atoms with E-state index in [2.05, 4.69) is 9.84 Å². The van der Waals surface area contributed by atoms with Crippen molar-refractivity contribution in [1.82, 2.24) is 9.78 Å². The summed E-state index contributed by atoms with van der Waals surface area (Å²) in [6.07, 6.45) is -4.81. The van der Waals surface area contributed by atoms with Gasteiger partial charge in [-0.3, -0.25) is 5.41 Å². The van der Waals surface area contributed by atoms with Crippen LogP contribution in [0.2, 0.25) is 0 Å². The number of hydrogen-bond acceptors (Lipinski definition) is 4. The molecule has 0 spiro atoms. The third kappa shape index (κ3) is 4.71. The number of thioether (sulfide) groups is 1. The second-order valence-corrected chi connectivity index (χ2v) is 4.30. The van der Waals surface area contributed by atoms with Crippen LogP contribution < -0.4 is 10.5 Å². The summed E-state index contributed by atoms with van der Waals surface area (Å²) in [5.74, 6) is -1.14. The number of aromatic nitrogens is 2. The van der Waals surface area contributed by atoms with Crippen LogP contribution in [0.4, 0.5) is 22.0 Å². The van der Waals surface area contributed by atoms with Crippen molar-refractivity contribution in [2.45, 2.75) is 18.5 Å². The molecule has 0 radical (unpaired) electrons. The summed E-state index contributed by atoms with van der Waals surface area (Å²) in [7, 11) is 1.05. The number of rotatable bonds is 4. The maximum absolute atomic E-state index is 12.7. The molecular weight excluding hydrogens is 331 g/mol. The zero-order chi connectivity index (χ0) is 14.8. The first-order valence-electron chi connectivity index (χ1n) is 4.67. The van der Waals surface area contributed by atoms with Gasteiger partial charge in [-0.05, 0) is 0 Å². The summed E-state index contributed by atoms with van der Waals surface area (Å²) in [4.78, 5) is 0. The lowest BCUT2D eigenvalue weighted by molar-refractivity contribution is -0.142. The number of nitrogens with two attached hydrogens (primary N) is 1. The number of ether oxygens (including phenoxy) is 1. The lowest BCUT2D eigenvalue weighted by atomic mass is 10.2. The van der Waals surface area contributed by atoms with E-state index in [4.69, 9.17) is 11.1 Å². The van der Waals surface area contributed by atoms with Gasteiger partial charge in [0.1, 0.15) is 0 Å². The molecule has 1 rings (SSSR count). The van der Waals surface area contributed by atoms with Gasteiger partial charge in [-0.25, -0.2) is 4.68 Å². The van der Waals surface area contributed by atoms with Crippen molar-refractivity contribution in [1.29, 1.82) is 5.41 Å². The first-order chi connectivity index (χ1) is 8.62. The van der Waals surface area contributed by atoms with E-state index in [-0.39, 0.29) is 12.4 Å². The highest BCUT2D eigenvalue weighted by Gasteiger charge is 2.39. The van der Waals surface area contributed by atoms with Crippen LogP contribution in [-0.2, 0) is 19.0 Å². The van der Waals surface area contributed by atoms with Crippen LogP contribution in [0, 0.1) is 5.41 Å². The molecular formula is C8H10ClF5N4OS. The van der Waals surface area contributed by atoms with Gasteiger partial charge in [-0.15, -0.1) is 12.4 Å². The molecule has 12 heteroatoms. The Morgan fingerprint density at radius 1 is 1.50 bits per heavy atom. The van der Waals surface area contributed by atoms with Gasteiger partial charge in [0.05, 0.1) is 5.56 Å². The molecule has 0 atom stereocenters. The maximum Gasteiger partial charge on any atom is 0.435 e. The van der Waals surface area contributed by atoms with Gasteiger partial charge < -0.3 is 10.5 Å². The van der Waals surface area contributed by atoms with Crippen molar-refractivity contribution >= 4 is 29.3 Å². The molecule has 0 amide bonds. The Bertz CT molecular complexity index is 478. The highest BCUT2D eigenvalue weighted by atomic mass is 35.5. The Hall–Kier alpha value is -1.23. The number of hydrogen-bond donors (Lipinski definition) is 2. The number of aryl methyl sites for hydroxylation is 1. The van der Waals surface area contributed by atoms with Crippen LogP contribution in [0.1, 0.15) is 11.3 Å². The van der Waals surface area contributed by atoms with Gasteiger partial charge in [-0.2, -0.15) is 27.1 Å². The summed E-state index contributed by atoms with van der Waals surface area (Å²) < 4.78 is 67.0. The molecule has 1 heterocycles. The van der Waals surface area contributed by atoms with Gasteiger partial charge in [0, 0.05) is 12.8 Å². The fourth-order valence-electron chi connectivity index (χ4n) is 1.29. The van der Waals surface area contributed by atoms with E-state index in [1.807, 2.05) is 0 Å². The maximum atomic E-state index is 12.7. The van der Waals surface area contributed by atoms with Crippen LogP contribution >= 0.6 is 24.2 Å². The summed E-state index contributed by atoms with van der Waals surface area (Å²) in [5.41, 5.74) is 3.10. The van der Waals surface area contributed by atoms with Crippen molar-refractivity contribution in [2.75, 3.05) is 0 Å². The zero-order valence-corrected chi connectivity index (χ0v) is 11.5. The van der Waals surface area contributed by atoms with E-state index in [0.29, 0.717) is 16.4 Å². The van der Waals surface area contributed by atoms with Crippen LogP contribution in [0.5, 0.6) is 5.88 Å². The van der Waals surface area contributed by atoms with Crippen molar-refractivity contribution in [3.05, 3.63) is 11.3 Å². The molecule has 0 saturated carbocycles. The third-order valence-electron chi connectivity index (χ3n) is 1.93. The number of amidine groups is 1. The molecule has 3 N–H and O–H groups in total. The molecule has 0 unspecified atom stereocenters. The minimum Gasteiger partial charge on any atom is -0.417 e. The average molecular weight is 341 g/mol. The first kappa shape index (κ1) is 18.8. The number of alkyl halides is 5. The number of halogens is 6. The Morgan fingerprint density at radius 2 is 2.05 bits per heavy atom. The molecule has 5 nitrogen and oxygen atoms in total. The predicted molar refractivity (Wildman–Crippen MR) is 65.3 cm³/mol. The Morgan fingerprint density at radius 3 is 2.45 bits per heavy atom. The monoisotopic (exact) mass is 340 g/mol. The molecule has 0 aliphatic carbocycles. The molecule has 116 valence electrons. The summed E-state index contributed by atoms with van der Waals surface area (Å²) in [5, 5.41) is 9.61. The minimum absolute atomic E-state index is 0. The molecule has 0 aliphatic rings. The summed E-state index contributed by atoms with van der Waals surface area (Å²) >= 11 is 0.552. The second-order valence-electron chi connectivity index (χ2n) is 3.29. The highest BCUT2D eigenvalue weighted by molar-refractivity contribution is 8.13. The van der Waals surface area contributed by atoms with E-state index < -0.39 is 40.8 Å². The standard InChI is InChI=1S/C8H9F5N4OS.ClH/c1-17-5(18-6(9)10)3(2-19-7(14)15)4(16-17)8(11,12)13;/h6H,2H2,1H3,(H3,14,15);1H. The minimum atomic E-state index is -4.81. The molecule has 0 aromatic carbocycles. The molecule has 1 aromatic heterocycles. The van der Waals surface area contributed by atoms with Crippen LogP contribution in [-0.4, -0.2) is 21.6 Å². The van der Waals surface area contributed by atoms with Crippen molar-refractivity contribution in [3.8, 4) is 5.88 Å². The number of nitrogens with one attached hydrogen (secondary N) is 1. The topological polar surface area (TPSA) is 76.9 Å². The SMILES string of the molecule is Cl.Cn1nc(C(F)(F)F)c(CSC(=N)N)c1OC(F)F. The van der Waals surface area contributed by atoms with Gasteiger partial charge in [0.15, 0.2) is 10.9 Å². The van der Waals surface area contributed by atoms with Crippen molar-refractivity contribution < 1.29 is 26.7 Å². The van der Waals surface area contributed by atoms with Crippen molar-refractivity contribution in [3.63, 3.8) is 0 Å². The second kappa shape index (κ2) is 6.97. The molecule has 20 heavy (non-hydrogen) atoms. The fourth-order valence-corrected chi connectivity index (χ4v) is 1.85. The van der Waals surface area contributed by atoms with Crippen LogP contribution in [0.15, 0.2) is 0 Å². The van der Waals surface area contributed by atoms with E-state index >= 15 is 0 Å².